The molecule has 0 saturated heterocycles. The summed E-state index contributed by atoms with van der Waals surface area (Å²) in [5, 5.41) is 4.80. The van der Waals surface area contributed by atoms with Crippen LogP contribution in [0.15, 0.2) is 59.8 Å². The molecule has 0 spiro atoms. The highest BCUT2D eigenvalue weighted by molar-refractivity contribution is 7.92. The molecule has 2 aromatic carbocycles. The van der Waals surface area contributed by atoms with Gasteiger partial charge >= 0.3 is 0 Å². The Labute approximate surface area is 162 Å². The number of halogens is 1. The largest absolute Gasteiger partial charge is 0.497 e. The van der Waals surface area contributed by atoms with E-state index in [2.05, 4.69) is 9.82 Å². The molecule has 3 rings (SSSR count). The van der Waals surface area contributed by atoms with Crippen LogP contribution in [0.5, 0.6) is 11.5 Å². The summed E-state index contributed by atoms with van der Waals surface area (Å²) in [6.07, 6.45) is 3.02. The van der Waals surface area contributed by atoms with Crippen molar-refractivity contribution in [2.75, 3.05) is 18.9 Å². The van der Waals surface area contributed by atoms with Gasteiger partial charge in [-0.25, -0.2) is 8.42 Å². The first-order valence-corrected chi connectivity index (χ1v) is 9.80. The Kier molecular flexibility index (Phi) is 5.57. The van der Waals surface area contributed by atoms with Crippen molar-refractivity contribution in [2.45, 2.75) is 11.4 Å². The van der Waals surface area contributed by atoms with Crippen molar-refractivity contribution in [3.05, 3.63) is 65.4 Å². The van der Waals surface area contributed by atoms with Crippen molar-refractivity contribution >= 4 is 27.3 Å². The van der Waals surface area contributed by atoms with E-state index in [4.69, 9.17) is 21.1 Å². The average Bonchev–Trinajstić information content (AvgIpc) is 3.09. The van der Waals surface area contributed by atoms with E-state index in [1.807, 2.05) is 18.2 Å². The van der Waals surface area contributed by atoms with Gasteiger partial charge in [-0.2, -0.15) is 5.10 Å². The number of benzene rings is 2. The van der Waals surface area contributed by atoms with Crippen molar-refractivity contribution in [1.82, 2.24) is 9.78 Å². The van der Waals surface area contributed by atoms with Gasteiger partial charge in [0.05, 0.1) is 32.6 Å². The smallest absolute Gasteiger partial charge is 0.265 e. The topological polar surface area (TPSA) is 82.4 Å². The molecule has 0 aliphatic heterocycles. The van der Waals surface area contributed by atoms with Crippen LogP contribution in [0.1, 0.15) is 5.56 Å². The van der Waals surface area contributed by atoms with E-state index in [0.717, 1.165) is 5.56 Å². The second-order valence-corrected chi connectivity index (χ2v) is 7.70. The molecule has 0 amide bonds. The lowest BCUT2D eigenvalue weighted by molar-refractivity contribution is 0.392. The van der Waals surface area contributed by atoms with Gasteiger partial charge in [0.25, 0.3) is 10.0 Å². The summed E-state index contributed by atoms with van der Waals surface area (Å²) in [6, 6.07) is 12.0. The molecule has 0 aliphatic carbocycles. The molecule has 0 aliphatic rings. The maximum atomic E-state index is 12.8. The molecular weight excluding hydrogens is 390 g/mol. The number of nitrogens with zero attached hydrogens (tertiary/aromatic N) is 2. The summed E-state index contributed by atoms with van der Waals surface area (Å²) in [7, 11) is -1.02. The lowest BCUT2D eigenvalue weighted by Crippen LogP contribution is -2.14. The minimum Gasteiger partial charge on any atom is -0.497 e. The monoisotopic (exact) mass is 407 g/mol. The van der Waals surface area contributed by atoms with E-state index in [1.54, 1.807) is 23.0 Å². The van der Waals surface area contributed by atoms with Crippen LogP contribution in [-0.2, 0) is 16.6 Å². The molecule has 7 nitrogen and oxygen atoms in total. The van der Waals surface area contributed by atoms with Crippen molar-refractivity contribution in [1.29, 1.82) is 0 Å². The van der Waals surface area contributed by atoms with E-state index in [0.29, 0.717) is 23.0 Å². The summed E-state index contributed by atoms with van der Waals surface area (Å²) in [5.41, 5.74) is 1.21. The molecule has 0 atom stereocenters. The van der Waals surface area contributed by atoms with Crippen LogP contribution in [0.25, 0.3) is 0 Å². The van der Waals surface area contributed by atoms with Gasteiger partial charge in [-0.15, -0.1) is 0 Å². The fraction of sp³-hybridized carbons (Fsp3) is 0.167. The lowest BCUT2D eigenvalue weighted by Gasteiger charge is -2.11. The highest BCUT2D eigenvalue weighted by Gasteiger charge is 2.21. The number of hydrogen-bond acceptors (Lipinski definition) is 5. The maximum absolute atomic E-state index is 12.8. The Morgan fingerprint density at radius 1 is 1.15 bits per heavy atom. The van der Waals surface area contributed by atoms with Gasteiger partial charge in [0.2, 0.25) is 0 Å². The molecule has 142 valence electrons. The van der Waals surface area contributed by atoms with E-state index < -0.39 is 10.0 Å². The van der Waals surface area contributed by atoms with E-state index >= 15 is 0 Å². The maximum Gasteiger partial charge on any atom is 0.265 e. The van der Waals surface area contributed by atoms with E-state index in [9.17, 15) is 8.42 Å². The van der Waals surface area contributed by atoms with Gasteiger partial charge < -0.3 is 9.47 Å². The number of methoxy groups -OCH3 is 2. The molecule has 0 unspecified atom stereocenters. The molecule has 27 heavy (non-hydrogen) atoms. The van der Waals surface area contributed by atoms with E-state index in [-0.39, 0.29) is 10.6 Å². The second kappa shape index (κ2) is 7.89. The van der Waals surface area contributed by atoms with Crippen LogP contribution in [-0.4, -0.2) is 32.4 Å². The third-order valence-electron chi connectivity index (χ3n) is 3.84. The van der Waals surface area contributed by atoms with Gasteiger partial charge in [0.15, 0.2) is 0 Å². The summed E-state index contributed by atoms with van der Waals surface area (Å²) in [6.45, 7) is 0.421. The molecule has 0 saturated carbocycles. The molecule has 0 radical (unpaired) electrons. The number of sulfonamides is 1. The molecule has 1 heterocycles. The first kappa shape index (κ1) is 19.1. The SMILES string of the molecule is COc1ccc(OC)c(S(=O)(=O)Nc2cnn(Cc3ccccc3Cl)c2)c1. The molecular formula is C18H18ClN3O4S. The number of anilines is 1. The molecule has 1 N–H and O–H groups in total. The summed E-state index contributed by atoms with van der Waals surface area (Å²) < 4.78 is 39.9. The molecule has 1 aromatic heterocycles. The van der Waals surface area contributed by atoms with Crippen molar-refractivity contribution in [3.63, 3.8) is 0 Å². The van der Waals surface area contributed by atoms with Crippen LogP contribution in [0, 0.1) is 0 Å². The minimum absolute atomic E-state index is 0.0248. The van der Waals surface area contributed by atoms with Crippen LogP contribution in [0.2, 0.25) is 5.02 Å². The number of hydrogen-bond donors (Lipinski definition) is 1. The summed E-state index contributed by atoms with van der Waals surface area (Å²) in [4.78, 5) is -0.0248. The Morgan fingerprint density at radius 2 is 1.93 bits per heavy atom. The van der Waals surface area contributed by atoms with Crippen molar-refractivity contribution in [2.24, 2.45) is 0 Å². The summed E-state index contributed by atoms with van der Waals surface area (Å²) >= 11 is 6.15. The standard InChI is InChI=1S/C18H18ClN3O4S/c1-25-15-7-8-17(26-2)18(9-15)27(23,24)21-14-10-20-22(12-14)11-13-5-3-4-6-16(13)19/h3-10,12,21H,11H2,1-2H3. The van der Waals surface area contributed by atoms with Crippen LogP contribution < -0.4 is 14.2 Å². The third kappa shape index (κ3) is 4.35. The third-order valence-corrected chi connectivity index (χ3v) is 5.61. The Balaban J connectivity index is 1.83. The Hall–Kier alpha value is -2.71. The van der Waals surface area contributed by atoms with Crippen LogP contribution in [0.4, 0.5) is 5.69 Å². The number of aromatic nitrogens is 2. The number of ether oxygens (including phenoxy) is 2. The second-order valence-electron chi connectivity index (χ2n) is 5.64. The number of rotatable bonds is 7. The zero-order chi connectivity index (χ0) is 19.4. The molecule has 0 bridgehead atoms. The molecule has 9 heteroatoms. The summed E-state index contributed by atoms with van der Waals surface area (Å²) in [5.74, 6) is 0.623. The fourth-order valence-corrected chi connectivity index (χ4v) is 3.92. The van der Waals surface area contributed by atoms with Crippen molar-refractivity contribution < 1.29 is 17.9 Å². The zero-order valence-electron chi connectivity index (χ0n) is 14.7. The minimum atomic E-state index is -3.89. The normalized spacial score (nSPS) is 11.2. The van der Waals surface area contributed by atoms with Gasteiger partial charge in [-0.3, -0.25) is 9.40 Å². The Morgan fingerprint density at radius 3 is 2.63 bits per heavy atom. The zero-order valence-corrected chi connectivity index (χ0v) is 16.3. The van der Waals surface area contributed by atoms with Crippen LogP contribution in [0.3, 0.4) is 0 Å². The highest BCUT2D eigenvalue weighted by atomic mass is 35.5. The van der Waals surface area contributed by atoms with Gasteiger partial charge in [0.1, 0.15) is 16.4 Å². The lowest BCUT2D eigenvalue weighted by atomic mass is 10.2. The van der Waals surface area contributed by atoms with E-state index in [1.165, 1.54) is 32.5 Å². The highest BCUT2D eigenvalue weighted by Crippen LogP contribution is 2.29. The number of nitrogens with one attached hydrogen (secondary N) is 1. The molecule has 3 aromatic rings. The molecule has 0 fully saturated rings. The van der Waals surface area contributed by atoms with Gasteiger partial charge in [-0.05, 0) is 23.8 Å². The Bertz CT molecular complexity index is 1050. The van der Waals surface area contributed by atoms with Crippen molar-refractivity contribution in [3.8, 4) is 11.5 Å². The van der Waals surface area contributed by atoms with Gasteiger partial charge in [0, 0.05) is 17.3 Å². The fourth-order valence-electron chi connectivity index (χ4n) is 2.51. The average molecular weight is 408 g/mol. The first-order chi connectivity index (χ1) is 12.9. The predicted octanol–water partition coefficient (Wildman–Crippen LogP) is 3.40. The quantitative estimate of drug-likeness (QED) is 0.649. The van der Waals surface area contributed by atoms with Crippen LogP contribution >= 0.6 is 11.6 Å². The first-order valence-electron chi connectivity index (χ1n) is 7.93. The predicted molar refractivity (Wildman–Crippen MR) is 103 cm³/mol. The van der Waals surface area contributed by atoms with Gasteiger partial charge in [-0.1, -0.05) is 29.8 Å².